The summed E-state index contributed by atoms with van der Waals surface area (Å²) < 4.78 is 18.9. The number of hydrogen-bond acceptors (Lipinski definition) is 4. The summed E-state index contributed by atoms with van der Waals surface area (Å²) in [6, 6.07) is 13.6. The summed E-state index contributed by atoms with van der Waals surface area (Å²) in [6.45, 7) is 0.696. The third-order valence-corrected chi connectivity index (χ3v) is 4.58. The van der Waals surface area contributed by atoms with Crippen LogP contribution in [0.15, 0.2) is 48.5 Å². The summed E-state index contributed by atoms with van der Waals surface area (Å²) in [6.07, 6.45) is 0. The molecular formula is C21H20ClFN4O2. The zero-order valence-electron chi connectivity index (χ0n) is 15.7. The lowest BCUT2D eigenvalue weighted by molar-refractivity contribution is 0.0950. The van der Waals surface area contributed by atoms with E-state index in [0.717, 1.165) is 27.6 Å². The second-order valence-electron chi connectivity index (χ2n) is 6.37. The molecule has 6 nitrogen and oxygen atoms in total. The lowest BCUT2D eigenvalue weighted by atomic mass is 10.1. The van der Waals surface area contributed by atoms with Crippen LogP contribution in [0.4, 0.5) is 4.39 Å². The van der Waals surface area contributed by atoms with Gasteiger partial charge in [0.15, 0.2) is 0 Å². The SMILES string of the molecule is COc1ccc(-c2nc(C(=O)NCCN)cc3c2[nH]c2cc(F)ccc23)cc1.Cl. The van der Waals surface area contributed by atoms with Gasteiger partial charge in [-0.2, -0.15) is 0 Å². The number of carbonyl (C=O) groups is 1. The van der Waals surface area contributed by atoms with Gasteiger partial charge in [0.1, 0.15) is 17.3 Å². The van der Waals surface area contributed by atoms with E-state index in [-0.39, 0.29) is 29.8 Å². The highest BCUT2D eigenvalue weighted by atomic mass is 35.5. The third kappa shape index (κ3) is 3.87. The van der Waals surface area contributed by atoms with Crippen LogP contribution in [0.3, 0.4) is 0 Å². The second-order valence-corrected chi connectivity index (χ2v) is 6.37. The van der Waals surface area contributed by atoms with Gasteiger partial charge in [0.25, 0.3) is 5.91 Å². The molecule has 4 N–H and O–H groups in total. The maximum Gasteiger partial charge on any atom is 0.269 e. The first-order chi connectivity index (χ1) is 13.6. The van der Waals surface area contributed by atoms with Crippen LogP contribution in [-0.2, 0) is 0 Å². The Bertz CT molecular complexity index is 1170. The molecule has 0 fully saturated rings. The number of halogens is 2. The van der Waals surface area contributed by atoms with E-state index < -0.39 is 0 Å². The molecular weight excluding hydrogens is 395 g/mol. The van der Waals surface area contributed by atoms with E-state index in [1.807, 2.05) is 24.3 Å². The van der Waals surface area contributed by atoms with Gasteiger partial charge >= 0.3 is 0 Å². The number of nitrogens with one attached hydrogen (secondary N) is 2. The van der Waals surface area contributed by atoms with Crippen molar-refractivity contribution in [2.75, 3.05) is 20.2 Å². The van der Waals surface area contributed by atoms with Crippen molar-refractivity contribution < 1.29 is 13.9 Å². The van der Waals surface area contributed by atoms with Crippen LogP contribution in [0.1, 0.15) is 10.5 Å². The van der Waals surface area contributed by atoms with E-state index in [2.05, 4.69) is 15.3 Å². The minimum Gasteiger partial charge on any atom is -0.497 e. The quantitative estimate of drug-likeness (QED) is 0.464. The molecule has 0 bridgehead atoms. The summed E-state index contributed by atoms with van der Waals surface area (Å²) in [5, 5.41) is 4.36. The van der Waals surface area contributed by atoms with E-state index in [9.17, 15) is 9.18 Å². The lowest BCUT2D eigenvalue weighted by Crippen LogP contribution is -2.29. The molecule has 0 radical (unpaired) electrons. The van der Waals surface area contributed by atoms with Gasteiger partial charge in [0.05, 0.1) is 18.3 Å². The van der Waals surface area contributed by atoms with Crippen molar-refractivity contribution in [1.82, 2.24) is 15.3 Å². The molecule has 150 valence electrons. The number of aromatic nitrogens is 2. The summed E-state index contributed by atoms with van der Waals surface area (Å²) in [5.74, 6) is 0.0769. The van der Waals surface area contributed by atoms with Gasteiger partial charge < -0.3 is 20.8 Å². The van der Waals surface area contributed by atoms with E-state index in [0.29, 0.717) is 24.3 Å². The normalized spacial score (nSPS) is 10.7. The number of nitrogens with two attached hydrogens (primary N) is 1. The average molecular weight is 415 g/mol. The average Bonchev–Trinajstić information content (AvgIpc) is 3.08. The Hall–Kier alpha value is -3.16. The van der Waals surface area contributed by atoms with Gasteiger partial charge in [-0.25, -0.2) is 9.37 Å². The highest BCUT2D eigenvalue weighted by molar-refractivity contribution is 6.13. The topological polar surface area (TPSA) is 93.0 Å². The number of amides is 1. The number of ether oxygens (including phenoxy) is 1. The van der Waals surface area contributed by atoms with E-state index in [4.69, 9.17) is 10.5 Å². The Kier molecular flexibility index (Phi) is 6.00. The van der Waals surface area contributed by atoms with Crippen molar-refractivity contribution in [2.45, 2.75) is 0 Å². The molecule has 1 amide bonds. The standard InChI is InChI=1S/C21H19FN4O2.ClH/c1-28-14-5-2-12(3-6-14)19-20-16(11-18(26-19)21(27)24-9-8-23)15-7-4-13(22)10-17(15)25-20;/h2-7,10-11,25H,8-9,23H2,1H3,(H,24,27);1H. The Morgan fingerprint density at radius 1 is 1.17 bits per heavy atom. The first kappa shape index (κ1) is 20.6. The molecule has 2 aromatic carbocycles. The Morgan fingerprint density at radius 3 is 2.62 bits per heavy atom. The van der Waals surface area contributed by atoms with Crippen LogP contribution in [0, 0.1) is 5.82 Å². The first-order valence-electron chi connectivity index (χ1n) is 8.85. The molecule has 0 aliphatic carbocycles. The molecule has 4 aromatic rings. The number of rotatable bonds is 5. The predicted molar refractivity (Wildman–Crippen MR) is 114 cm³/mol. The van der Waals surface area contributed by atoms with Crippen LogP contribution < -0.4 is 15.8 Å². The van der Waals surface area contributed by atoms with Crippen LogP contribution in [0.2, 0.25) is 0 Å². The zero-order chi connectivity index (χ0) is 19.7. The number of H-pyrrole nitrogens is 1. The predicted octanol–water partition coefficient (Wildman–Crippen LogP) is 3.64. The van der Waals surface area contributed by atoms with Gasteiger partial charge in [-0.3, -0.25) is 4.79 Å². The maximum atomic E-state index is 13.7. The van der Waals surface area contributed by atoms with Gasteiger partial charge in [-0.05, 0) is 48.5 Å². The monoisotopic (exact) mass is 414 g/mol. The minimum atomic E-state index is -0.334. The Morgan fingerprint density at radius 2 is 1.93 bits per heavy atom. The number of benzene rings is 2. The molecule has 29 heavy (non-hydrogen) atoms. The molecule has 0 atom stereocenters. The molecule has 2 aromatic heterocycles. The fourth-order valence-electron chi connectivity index (χ4n) is 3.22. The lowest BCUT2D eigenvalue weighted by Gasteiger charge is -2.09. The highest BCUT2D eigenvalue weighted by Crippen LogP contribution is 2.33. The van der Waals surface area contributed by atoms with Gasteiger partial charge in [-0.1, -0.05) is 0 Å². The van der Waals surface area contributed by atoms with E-state index in [1.165, 1.54) is 12.1 Å². The van der Waals surface area contributed by atoms with Gasteiger partial charge in [0.2, 0.25) is 0 Å². The molecule has 2 heterocycles. The van der Waals surface area contributed by atoms with Gasteiger partial charge in [-0.15, -0.1) is 12.4 Å². The molecule has 4 rings (SSSR count). The maximum absolute atomic E-state index is 13.7. The molecule has 0 unspecified atom stereocenters. The van der Waals surface area contributed by atoms with Crippen LogP contribution in [0.25, 0.3) is 33.1 Å². The van der Waals surface area contributed by atoms with Crippen molar-refractivity contribution >= 4 is 40.1 Å². The highest BCUT2D eigenvalue weighted by Gasteiger charge is 2.17. The van der Waals surface area contributed by atoms with Crippen LogP contribution in [0.5, 0.6) is 5.75 Å². The number of fused-ring (bicyclic) bond motifs is 3. The number of nitrogens with zero attached hydrogens (tertiary/aromatic N) is 1. The number of pyridine rings is 1. The van der Waals surface area contributed by atoms with Crippen LogP contribution >= 0.6 is 12.4 Å². The zero-order valence-corrected chi connectivity index (χ0v) is 16.5. The summed E-state index contributed by atoms with van der Waals surface area (Å²) in [4.78, 5) is 20.3. The molecule has 0 aliphatic heterocycles. The molecule has 0 saturated heterocycles. The number of methoxy groups -OCH3 is 1. The molecule has 0 aliphatic rings. The fraction of sp³-hybridized carbons (Fsp3) is 0.143. The molecule has 8 heteroatoms. The number of aromatic amines is 1. The minimum absolute atomic E-state index is 0. The summed E-state index contributed by atoms with van der Waals surface area (Å²) in [7, 11) is 1.60. The summed E-state index contributed by atoms with van der Waals surface area (Å²) >= 11 is 0. The van der Waals surface area contributed by atoms with Crippen molar-refractivity contribution in [3.63, 3.8) is 0 Å². The number of hydrogen-bond donors (Lipinski definition) is 3. The smallest absolute Gasteiger partial charge is 0.269 e. The Labute approximate surface area is 172 Å². The van der Waals surface area contributed by atoms with E-state index in [1.54, 1.807) is 19.2 Å². The third-order valence-electron chi connectivity index (χ3n) is 4.58. The number of carbonyl (C=O) groups excluding carboxylic acids is 1. The van der Waals surface area contributed by atoms with Crippen LogP contribution in [-0.4, -0.2) is 36.1 Å². The Balaban J connectivity index is 0.00000240. The fourth-order valence-corrected chi connectivity index (χ4v) is 3.22. The second kappa shape index (κ2) is 8.46. The van der Waals surface area contributed by atoms with Crippen molar-refractivity contribution in [3.05, 3.63) is 60.0 Å². The first-order valence-corrected chi connectivity index (χ1v) is 8.85. The molecule has 0 spiro atoms. The van der Waals surface area contributed by atoms with Gasteiger partial charge in [0, 0.05) is 34.9 Å². The van der Waals surface area contributed by atoms with Crippen molar-refractivity contribution in [3.8, 4) is 17.0 Å². The summed E-state index contributed by atoms with van der Waals surface area (Å²) in [5.41, 5.74) is 8.55. The van der Waals surface area contributed by atoms with Crippen molar-refractivity contribution in [2.24, 2.45) is 5.73 Å². The van der Waals surface area contributed by atoms with E-state index >= 15 is 0 Å². The largest absolute Gasteiger partial charge is 0.497 e. The molecule has 0 saturated carbocycles. The van der Waals surface area contributed by atoms with Crippen molar-refractivity contribution in [1.29, 1.82) is 0 Å².